The van der Waals surface area contributed by atoms with Gasteiger partial charge in [0.15, 0.2) is 0 Å². The van der Waals surface area contributed by atoms with Crippen LogP contribution in [0, 0.1) is 5.92 Å². The zero-order valence-corrected chi connectivity index (χ0v) is 13.2. The van der Waals surface area contributed by atoms with Crippen LogP contribution in [0.4, 0.5) is 0 Å². The lowest BCUT2D eigenvalue weighted by Gasteiger charge is -2.08. The summed E-state index contributed by atoms with van der Waals surface area (Å²) in [7, 11) is 0. The number of aromatic nitrogens is 2. The predicted octanol–water partition coefficient (Wildman–Crippen LogP) is 2.95. The lowest BCUT2D eigenvalue weighted by molar-refractivity contribution is 0.548. The fraction of sp³-hybridized carbons (Fsp3) is 0.333. The van der Waals surface area contributed by atoms with Gasteiger partial charge in [-0.1, -0.05) is 41.9 Å². The average Bonchev–Trinajstić information content (AvgIpc) is 2.38. The quantitative estimate of drug-likeness (QED) is 0.883. The van der Waals surface area contributed by atoms with Gasteiger partial charge in [0.05, 0.1) is 5.69 Å². The predicted molar refractivity (Wildman–Crippen MR) is 84.5 cm³/mol. The number of hydrogen-bond donors (Lipinski definition) is 2. The molecule has 0 fully saturated rings. The Bertz CT molecular complexity index is 620. The molecule has 1 heterocycles. The fourth-order valence-corrected chi connectivity index (χ4v) is 2.10. The van der Waals surface area contributed by atoms with Gasteiger partial charge in [0, 0.05) is 22.6 Å². The van der Waals surface area contributed by atoms with Gasteiger partial charge in [0.1, 0.15) is 5.82 Å². The molecule has 1 aromatic heterocycles. The zero-order valence-electron chi connectivity index (χ0n) is 11.6. The van der Waals surface area contributed by atoms with Crippen LogP contribution in [-0.2, 0) is 6.54 Å². The van der Waals surface area contributed by atoms with Gasteiger partial charge in [-0.25, -0.2) is 4.98 Å². The van der Waals surface area contributed by atoms with Gasteiger partial charge >= 0.3 is 0 Å². The van der Waals surface area contributed by atoms with Gasteiger partial charge in [0.25, 0.3) is 5.56 Å². The van der Waals surface area contributed by atoms with E-state index in [0.29, 0.717) is 18.3 Å². The third-order valence-corrected chi connectivity index (χ3v) is 3.30. The number of rotatable bonds is 5. The summed E-state index contributed by atoms with van der Waals surface area (Å²) in [6.07, 6.45) is 0. The molecule has 5 heteroatoms. The second-order valence-electron chi connectivity index (χ2n) is 5.12. The maximum absolute atomic E-state index is 11.7. The standard InChI is InChI=1S/C15H18BrN3O/c1-10(2)8-17-9-13-7-14(20)19-15(18-13)11-3-5-12(16)6-4-11/h3-7,10,17H,8-9H2,1-2H3,(H,18,19,20). The number of H-pyrrole nitrogens is 1. The Kier molecular flexibility index (Phi) is 5.09. The van der Waals surface area contributed by atoms with Crippen molar-refractivity contribution in [3.05, 3.63) is 50.9 Å². The highest BCUT2D eigenvalue weighted by Gasteiger charge is 2.04. The van der Waals surface area contributed by atoms with Crippen LogP contribution in [0.3, 0.4) is 0 Å². The maximum atomic E-state index is 11.7. The number of nitrogens with zero attached hydrogens (tertiary/aromatic N) is 1. The summed E-state index contributed by atoms with van der Waals surface area (Å²) in [6, 6.07) is 9.25. The molecule has 0 aliphatic heterocycles. The second-order valence-corrected chi connectivity index (χ2v) is 6.03. The Hall–Kier alpha value is -1.46. The van der Waals surface area contributed by atoms with Crippen molar-refractivity contribution in [2.45, 2.75) is 20.4 Å². The lowest BCUT2D eigenvalue weighted by atomic mass is 10.2. The first kappa shape index (κ1) is 14.9. The first-order valence-corrected chi connectivity index (χ1v) is 7.41. The molecule has 0 unspecified atom stereocenters. The van der Waals surface area contributed by atoms with E-state index in [9.17, 15) is 4.79 Å². The summed E-state index contributed by atoms with van der Waals surface area (Å²) >= 11 is 3.39. The molecule has 0 saturated carbocycles. The van der Waals surface area contributed by atoms with Crippen LogP contribution in [-0.4, -0.2) is 16.5 Å². The number of nitrogens with one attached hydrogen (secondary N) is 2. The number of hydrogen-bond acceptors (Lipinski definition) is 3. The van der Waals surface area contributed by atoms with Crippen molar-refractivity contribution in [3.8, 4) is 11.4 Å². The highest BCUT2D eigenvalue weighted by atomic mass is 79.9. The molecule has 0 amide bonds. The van der Waals surface area contributed by atoms with Crippen molar-refractivity contribution in [3.63, 3.8) is 0 Å². The Morgan fingerprint density at radius 3 is 2.65 bits per heavy atom. The van der Waals surface area contributed by atoms with Gasteiger partial charge in [0.2, 0.25) is 0 Å². The third kappa shape index (κ3) is 4.28. The normalized spacial score (nSPS) is 11.0. The summed E-state index contributed by atoms with van der Waals surface area (Å²) in [4.78, 5) is 19.0. The molecule has 2 N–H and O–H groups in total. The van der Waals surface area contributed by atoms with Crippen LogP contribution in [0.5, 0.6) is 0 Å². The molecule has 1 aromatic carbocycles. The first-order chi connectivity index (χ1) is 9.54. The summed E-state index contributed by atoms with van der Waals surface area (Å²) < 4.78 is 0.998. The van der Waals surface area contributed by atoms with Crippen LogP contribution in [0.15, 0.2) is 39.6 Å². The van der Waals surface area contributed by atoms with E-state index in [2.05, 4.69) is 45.1 Å². The monoisotopic (exact) mass is 335 g/mol. The van der Waals surface area contributed by atoms with Gasteiger partial charge in [-0.3, -0.25) is 4.79 Å². The van der Waals surface area contributed by atoms with E-state index in [0.717, 1.165) is 22.3 Å². The van der Waals surface area contributed by atoms with Crippen LogP contribution in [0.25, 0.3) is 11.4 Å². The lowest BCUT2D eigenvalue weighted by Crippen LogP contribution is -2.21. The Morgan fingerprint density at radius 1 is 1.30 bits per heavy atom. The molecule has 4 nitrogen and oxygen atoms in total. The molecule has 0 atom stereocenters. The molecule has 0 radical (unpaired) electrons. The Labute approximate surface area is 126 Å². The largest absolute Gasteiger partial charge is 0.311 e. The van der Waals surface area contributed by atoms with Crippen LogP contribution in [0.2, 0.25) is 0 Å². The number of aromatic amines is 1. The fourth-order valence-electron chi connectivity index (χ4n) is 1.83. The SMILES string of the molecule is CC(C)CNCc1cc(=O)[nH]c(-c2ccc(Br)cc2)n1. The summed E-state index contributed by atoms with van der Waals surface area (Å²) in [5.74, 6) is 1.18. The van der Waals surface area contributed by atoms with Gasteiger partial charge < -0.3 is 10.3 Å². The van der Waals surface area contributed by atoms with E-state index >= 15 is 0 Å². The summed E-state index contributed by atoms with van der Waals surface area (Å²) in [6.45, 7) is 5.80. The molecule has 20 heavy (non-hydrogen) atoms. The summed E-state index contributed by atoms with van der Waals surface area (Å²) in [5, 5.41) is 3.29. The van der Waals surface area contributed by atoms with Crippen LogP contribution in [0.1, 0.15) is 19.5 Å². The first-order valence-electron chi connectivity index (χ1n) is 6.61. The third-order valence-electron chi connectivity index (χ3n) is 2.77. The van der Waals surface area contributed by atoms with E-state index < -0.39 is 0 Å². The maximum Gasteiger partial charge on any atom is 0.251 e. The van der Waals surface area contributed by atoms with Crippen molar-refractivity contribution < 1.29 is 0 Å². The second kappa shape index (κ2) is 6.81. The molecule has 0 aliphatic rings. The van der Waals surface area contributed by atoms with E-state index in [1.54, 1.807) is 0 Å². The van der Waals surface area contributed by atoms with Crippen molar-refractivity contribution in [2.24, 2.45) is 5.92 Å². The van der Waals surface area contributed by atoms with Gasteiger partial charge in [-0.05, 0) is 24.6 Å². The number of benzene rings is 1. The van der Waals surface area contributed by atoms with E-state index in [4.69, 9.17) is 0 Å². The van der Waals surface area contributed by atoms with E-state index in [-0.39, 0.29) is 5.56 Å². The molecule has 0 aliphatic carbocycles. The molecule has 2 aromatic rings. The van der Waals surface area contributed by atoms with E-state index in [1.165, 1.54) is 6.07 Å². The minimum absolute atomic E-state index is 0.126. The highest BCUT2D eigenvalue weighted by molar-refractivity contribution is 9.10. The molecular formula is C15H18BrN3O. The van der Waals surface area contributed by atoms with E-state index in [1.807, 2.05) is 24.3 Å². The molecule has 0 spiro atoms. The average molecular weight is 336 g/mol. The van der Waals surface area contributed by atoms with Crippen molar-refractivity contribution in [1.29, 1.82) is 0 Å². The van der Waals surface area contributed by atoms with Crippen LogP contribution >= 0.6 is 15.9 Å². The van der Waals surface area contributed by atoms with Gasteiger partial charge in [-0.2, -0.15) is 0 Å². The highest BCUT2D eigenvalue weighted by Crippen LogP contribution is 2.17. The molecule has 106 valence electrons. The van der Waals surface area contributed by atoms with Crippen molar-refractivity contribution in [1.82, 2.24) is 15.3 Å². The van der Waals surface area contributed by atoms with Crippen molar-refractivity contribution >= 4 is 15.9 Å². The Balaban J connectivity index is 2.20. The molecular weight excluding hydrogens is 318 g/mol. The summed E-state index contributed by atoms with van der Waals surface area (Å²) in [5.41, 5.74) is 1.53. The molecule has 0 saturated heterocycles. The minimum atomic E-state index is -0.126. The van der Waals surface area contributed by atoms with Crippen LogP contribution < -0.4 is 10.9 Å². The minimum Gasteiger partial charge on any atom is -0.311 e. The van der Waals surface area contributed by atoms with Crippen molar-refractivity contribution in [2.75, 3.05) is 6.54 Å². The Morgan fingerprint density at radius 2 is 2.00 bits per heavy atom. The molecule has 2 rings (SSSR count). The zero-order chi connectivity index (χ0) is 14.5. The molecule has 0 bridgehead atoms. The number of halogens is 1. The topological polar surface area (TPSA) is 57.8 Å². The smallest absolute Gasteiger partial charge is 0.251 e. The van der Waals surface area contributed by atoms with Gasteiger partial charge in [-0.15, -0.1) is 0 Å².